The summed E-state index contributed by atoms with van der Waals surface area (Å²) in [6.45, 7) is 6.12. The van der Waals surface area contributed by atoms with E-state index in [9.17, 15) is 8.78 Å². The van der Waals surface area contributed by atoms with Gasteiger partial charge in [-0.1, -0.05) is 18.2 Å². The second-order valence-corrected chi connectivity index (χ2v) is 5.24. The molecule has 0 bridgehead atoms. The average Bonchev–Trinajstić information content (AvgIpc) is 2.78. The molecular weight excluding hydrogens is 234 g/mol. The second-order valence-electron chi connectivity index (χ2n) is 5.24. The summed E-state index contributed by atoms with van der Waals surface area (Å²) in [6, 6.07) is 8.18. The van der Waals surface area contributed by atoms with Gasteiger partial charge >= 0.3 is 0 Å². The van der Waals surface area contributed by atoms with E-state index in [0.717, 1.165) is 5.56 Å². The van der Waals surface area contributed by atoms with Crippen molar-refractivity contribution in [2.45, 2.75) is 32.7 Å². The number of hydrogen-bond donors (Lipinski definition) is 0. The Balaban J connectivity index is 2.37. The van der Waals surface area contributed by atoms with Gasteiger partial charge in [-0.2, -0.15) is 5.10 Å². The summed E-state index contributed by atoms with van der Waals surface area (Å²) < 4.78 is 27.1. The van der Waals surface area contributed by atoms with Crippen LogP contribution in [0.5, 0.6) is 0 Å². The zero-order chi connectivity index (χ0) is 13.3. The van der Waals surface area contributed by atoms with Crippen molar-refractivity contribution in [3.8, 4) is 11.3 Å². The zero-order valence-electron chi connectivity index (χ0n) is 10.7. The molecule has 0 radical (unpaired) electrons. The first-order valence-corrected chi connectivity index (χ1v) is 5.82. The number of hydrogen-bond acceptors (Lipinski definition) is 1. The SMILES string of the molecule is CC(C)(C)n1ccc(-c2cccc(C(F)F)c2)n1. The molecule has 1 aromatic carbocycles. The molecule has 2 nitrogen and oxygen atoms in total. The molecule has 0 N–H and O–H groups in total. The van der Waals surface area contributed by atoms with Crippen LogP contribution >= 0.6 is 0 Å². The molecule has 4 heteroatoms. The van der Waals surface area contributed by atoms with Crippen molar-refractivity contribution in [1.82, 2.24) is 9.78 Å². The molecule has 96 valence electrons. The van der Waals surface area contributed by atoms with Crippen LogP contribution in [-0.2, 0) is 5.54 Å². The molecule has 0 fully saturated rings. The molecule has 2 aromatic rings. The molecule has 1 heterocycles. The van der Waals surface area contributed by atoms with Crippen molar-refractivity contribution in [2.75, 3.05) is 0 Å². The third kappa shape index (κ3) is 2.58. The van der Waals surface area contributed by atoms with E-state index in [2.05, 4.69) is 5.10 Å². The molecule has 0 unspecified atom stereocenters. The van der Waals surface area contributed by atoms with Gasteiger partial charge in [0.25, 0.3) is 6.43 Å². The van der Waals surface area contributed by atoms with Crippen LogP contribution in [0.2, 0.25) is 0 Å². The maximum Gasteiger partial charge on any atom is 0.263 e. The molecular formula is C14H16F2N2. The predicted molar refractivity (Wildman–Crippen MR) is 67.6 cm³/mol. The minimum Gasteiger partial charge on any atom is -0.267 e. The molecule has 0 spiro atoms. The molecule has 1 aromatic heterocycles. The van der Waals surface area contributed by atoms with E-state index < -0.39 is 6.43 Å². The Morgan fingerprint density at radius 2 is 1.89 bits per heavy atom. The quantitative estimate of drug-likeness (QED) is 0.779. The summed E-state index contributed by atoms with van der Waals surface area (Å²) >= 11 is 0. The monoisotopic (exact) mass is 250 g/mol. The highest BCUT2D eigenvalue weighted by Gasteiger charge is 2.15. The maximum atomic E-state index is 12.6. The van der Waals surface area contributed by atoms with Crippen LogP contribution in [0.25, 0.3) is 11.3 Å². The van der Waals surface area contributed by atoms with Gasteiger partial charge in [0, 0.05) is 17.3 Å². The van der Waals surface area contributed by atoms with E-state index in [-0.39, 0.29) is 11.1 Å². The van der Waals surface area contributed by atoms with E-state index in [1.165, 1.54) is 12.1 Å². The average molecular weight is 250 g/mol. The van der Waals surface area contributed by atoms with E-state index in [1.807, 2.05) is 37.7 Å². The Morgan fingerprint density at radius 1 is 1.17 bits per heavy atom. The summed E-state index contributed by atoms with van der Waals surface area (Å²) in [7, 11) is 0. The summed E-state index contributed by atoms with van der Waals surface area (Å²) in [5.74, 6) is 0. The topological polar surface area (TPSA) is 17.8 Å². The predicted octanol–water partition coefficient (Wildman–Crippen LogP) is 4.24. The van der Waals surface area contributed by atoms with E-state index >= 15 is 0 Å². The lowest BCUT2D eigenvalue weighted by atomic mass is 10.1. The van der Waals surface area contributed by atoms with Crippen LogP contribution in [0.4, 0.5) is 8.78 Å². The molecule has 0 aliphatic carbocycles. The Kier molecular flexibility index (Phi) is 3.20. The van der Waals surface area contributed by atoms with Gasteiger partial charge in [0.05, 0.1) is 11.2 Å². The number of rotatable bonds is 2. The lowest BCUT2D eigenvalue weighted by Gasteiger charge is -2.18. The van der Waals surface area contributed by atoms with Crippen LogP contribution in [0.15, 0.2) is 36.5 Å². The molecule has 0 atom stereocenters. The fourth-order valence-electron chi connectivity index (χ4n) is 1.69. The van der Waals surface area contributed by atoms with Crippen LogP contribution in [-0.4, -0.2) is 9.78 Å². The van der Waals surface area contributed by atoms with Crippen molar-refractivity contribution in [1.29, 1.82) is 0 Å². The number of nitrogens with zero attached hydrogens (tertiary/aromatic N) is 2. The highest BCUT2D eigenvalue weighted by atomic mass is 19.3. The first-order chi connectivity index (χ1) is 8.38. The second kappa shape index (κ2) is 4.52. The molecule has 0 amide bonds. The van der Waals surface area contributed by atoms with Gasteiger partial charge in [0.15, 0.2) is 0 Å². The van der Waals surface area contributed by atoms with Gasteiger partial charge in [0.1, 0.15) is 0 Å². The van der Waals surface area contributed by atoms with Gasteiger partial charge in [-0.25, -0.2) is 8.78 Å². The van der Waals surface area contributed by atoms with Gasteiger partial charge in [-0.05, 0) is 32.9 Å². The van der Waals surface area contributed by atoms with Crippen molar-refractivity contribution in [2.24, 2.45) is 0 Å². The van der Waals surface area contributed by atoms with Crippen molar-refractivity contribution in [3.63, 3.8) is 0 Å². The highest BCUT2D eigenvalue weighted by Crippen LogP contribution is 2.25. The third-order valence-electron chi connectivity index (χ3n) is 2.71. The Labute approximate surface area is 105 Å². The van der Waals surface area contributed by atoms with Crippen molar-refractivity contribution < 1.29 is 8.78 Å². The zero-order valence-corrected chi connectivity index (χ0v) is 10.7. The molecule has 0 aliphatic heterocycles. The Bertz CT molecular complexity index is 539. The van der Waals surface area contributed by atoms with Crippen molar-refractivity contribution >= 4 is 0 Å². The van der Waals surface area contributed by atoms with Gasteiger partial charge in [0.2, 0.25) is 0 Å². The summed E-state index contributed by atoms with van der Waals surface area (Å²) in [5.41, 5.74) is 1.35. The summed E-state index contributed by atoms with van der Waals surface area (Å²) in [5, 5.41) is 4.42. The first-order valence-electron chi connectivity index (χ1n) is 5.82. The lowest BCUT2D eigenvalue weighted by Crippen LogP contribution is -2.22. The largest absolute Gasteiger partial charge is 0.267 e. The van der Waals surface area contributed by atoms with Crippen LogP contribution < -0.4 is 0 Å². The van der Waals surface area contributed by atoms with E-state index in [1.54, 1.807) is 12.1 Å². The number of alkyl halides is 2. The van der Waals surface area contributed by atoms with Crippen LogP contribution in [0, 0.1) is 0 Å². The van der Waals surface area contributed by atoms with E-state index in [0.29, 0.717) is 5.69 Å². The minimum absolute atomic E-state index is 0.0257. The lowest BCUT2D eigenvalue weighted by molar-refractivity contribution is 0.151. The first kappa shape index (κ1) is 12.7. The number of aromatic nitrogens is 2. The standard InChI is InChI=1S/C14H16F2N2/c1-14(2,3)18-8-7-12(17-18)10-5-4-6-11(9-10)13(15)16/h4-9,13H,1-3H3. The van der Waals surface area contributed by atoms with Crippen LogP contribution in [0.3, 0.4) is 0 Å². The maximum absolute atomic E-state index is 12.6. The summed E-state index contributed by atoms with van der Waals surface area (Å²) in [4.78, 5) is 0. The molecule has 0 saturated heterocycles. The minimum atomic E-state index is -2.45. The van der Waals surface area contributed by atoms with Gasteiger partial charge < -0.3 is 0 Å². The van der Waals surface area contributed by atoms with Crippen LogP contribution in [0.1, 0.15) is 32.8 Å². The number of benzene rings is 1. The fourth-order valence-corrected chi connectivity index (χ4v) is 1.69. The molecule has 18 heavy (non-hydrogen) atoms. The smallest absolute Gasteiger partial charge is 0.263 e. The molecule has 0 saturated carbocycles. The number of halogens is 2. The van der Waals surface area contributed by atoms with Gasteiger partial charge in [-0.3, -0.25) is 4.68 Å². The third-order valence-corrected chi connectivity index (χ3v) is 2.71. The molecule has 0 aliphatic rings. The Morgan fingerprint density at radius 3 is 2.44 bits per heavy atom. The summed E-state index contributed by atoms with van der Waals surface area (Å²) in [6.07, 6.45) is -0.584. The van der Waals surface area contributed by atoms with E-state index in [4.69, 9.17) is 0 Å². The van der Waals surface area contributed by atoms with Crippen molar-refractivity contribution in [3.05, 3.63) is 42.1 Å². The normalized spacial score (nSPS) is 12.1. The fraction of sp³-hybridized carbons (Fsp3) is 0.357. The highest BCUT2D eigenvalue weighted by molar-refractivity contribution is 5.59. The van der Waals surface area contributed by atoms with Gasteiger partial charge in [-0.15, -0.1) is 0 Å². The molecule has 2 rings (SSSR count). The Hall–Kier alpha value is -1.71.